The maximum Gasteiger partial charge on any atom is 0.497 e. The third-order valence-corrected chi connectivity index (χ3v) is 32.3. The van der Waals surface area contributed by atoms with Gasteiger partial charge < -0.3 is 20.4 Å². The molecule has 28 rings (SSSR count). The molecule has 0 spiro atoms. The van der Waals surface area contributed by atoms with Crippen molar-refractivity contribution < 1.29 is 14.1 Å². The summed E-state index contributed by atoms with van der Waals surface area (Å²) in [5, 5.41) is 12.5. The molecule has 1 aliphatic heterocycles. The summed E-state index contributed by atoms with van der Waals surface area (Å²) in [4.78, 5) is 42.5. The van der Waals surface area contributed by atoms with Gasteiger partial charge in [0.15, 0.2) is 17.5 Å². The number of anilines is 2. The standard InChI is InChI=1S/C34H20N6S.C25H22BN3O2S.C19H12BrN3OS.C19H10BrN3S.C12H8BrN3S.C6H2Br2N2S/c1-4-12-21(13-5-1)29-25-20-26(30-31(40-41-39-30)28(25)24-18-10-11-19-27(24)35-29)34-37-32(22-14-6-2-7-15-22)36-33(38-34)23-16-8-3-9-17-23;1-24(2)25(3,4)31-26(30-24)18-14-17-20(23-22(18)28-32-29-23)16-12-8-9-13-19(16)27-21(17)15-10-6-5-7-11-15;20-15-11-10-14(17-18(15)23-25-22-17)13-8-4-5-9-16(13)21-19(24)12-6-2-1-3-7-12;20-14-10-13-16(19-18(14)22-24-23-19)12-8-4-5-9-15(12)21-17(13)11-6-2-1-3-7-11;13-9-6-5-8(11-12(9)16-17-15-11)7-3-1-2-4-10(7)14;7-3-1-2-4(8)6-5(3)9-11-10-6/h1-20H;5-14H,1-4H3;1-11H,(H,21,24);1-10H;1-6H,14H2;1-2H. The SMILES string of the molecule is Brc1cc2c(-c3ccccc3)nc3ccccc3c2c2nsnc12.Brc1ccc(Br)c2nsnc12.CC1(C)OB(c2cc3c(-c4ccccc4)nc4ccccc4c3c3nsnc23)OC1(C)C.Nc1ccccc1-c1ccc(Br)c2nsnc12.O=C(Nc1ccccc1-c1ccc(Br)c2nsnc12)c1ccccc1.c1ccc(-c2nc(-c3ccccc3)nc(-c3cc4c(-c5ccccc5)nc5ccccc5c4c4nsnc34)n2)cc1. The molecular weight excluding hydrogens is 2310 g/mol. The summed E-state index contributed by atoms with van der Waals surface area (Å²) in [6.45, 7) is 8.26. The number of hydrogen-bond donors (Lipinski definition) is 2. The lowest BCUT2D eigenvalue weighted by molar-refractivity contribution is 0.00578. The topological polar surface area (TPSA) is 306 Å². The van der Waals surface area contributed by atoms with E-state index in [1.54, 1.807) is 12.1 Å². The van der Waals surface area contributed by atoms with Crippen LogP contribution in [0.3, 0.4) is 0 Å². The van der Waals surface area contributed by atoms with Gasteiger partial charge >= 0.3 is 7.12 Å². The predicted molar refractivity (Wildman–Crippen MR) is 633 cm³/mol. The lowest BCUT2D eigenvalue weighted by Gasteiger charge is -2.32. The van der Waals surface area contributed by atoms with Crippen LogP contribution in [-0.4, -0.2) is 107 Å². The van der Waals surface area contributed by atoms with Gasteiger partial charge in [0.1, 0.15) is 66.2 Å². The van der Waals surface area contributed by atoms with Crippen molar-refractivity contribution in [2.45, 2.75) is 38.9 Å². The Balaban J connectivity index is 0.000000102. The lowest BCUT2D eigenvalue weighted by Crippen LogP contribution is -2.41. The van der Waals surface area contributed by atoms with Gasteiger partial charge in [-0.05, 0) is 186 Å². The predicted octanol–water partition coefficient (Wildman–Crippen LogP) is 31.7. The third kappa shape index (κ3) is 19.5. The Morgan fingerprint density at radius 2 is 0.580 bits per heavy atom. The van der Waals surface area contributed by atoms with Crippen LogP contribution in [-0.2, 0) is 9.31 Å². The first kappa shape index (κ1) is 98.7. The molecule has 1 aliphatic rings. The molecule has 3 N–H and O–H groups in total. The molecule has 150 heavy (non-hydrogen) atoms. The fourth-order valence-corrected chi connectivity index (χ4v) is 24.2. The van der Waals surface area contributed by atoms with Crippen molar-refractivity contribution in [3.63, 3.8) is 0 Å². The van der Waals surface area contributed by atoms with Gasteiger partial charge in [0, 0.05) is 149 Å². The first-order chi connectivity index (χ1) is 73.3. The van der Waals surface area contributed by atoms with Crippen LogP contribution in [0.5, 0.6) is 0 Å². The molecule has 726 valence electrons. The van der Waals surface area contributed by atoms with E-state index in [9.17, 15) is 4.79 Å². The second-order valence-corrected chi connectivity index (χ2v) is 43.1. The molecule has 17 aromatic carbocycles. The monoisotopic (exact) mass is 2380 g/mol. The second-order valence-electron chi connectivity index (χ2n) is 35.6. The summed E-state index contributed by atoms with van der Waals surface area (Å²) in [5.74, 6) is 1.61. The number of aromatic nitrogens is 18. The Labute approximate surface area is 924 Å². The Morgan fingerprint density at radius 1 is 0.273 bits per heavy atom. The minimum Gasteiger partial charge on any atom is -0.399 e. The van der Waals surface area contributed by atoms with E-state index in [2.05, 4.69) is 237 Å². The largest absolute Gasteiger partial charge is 0.497 e. The average Bonchev–Trinajstić information content (AvgIpc) is 1.29. The van der Waals surface area contributed by atoms with Crippen LogP contribution in [0.2, 0.25) is 0 Å². The number of nitrogens with zero attached hydrogens (tertiary/aromatic N) is 18. The molecule has 1 fully saturated rings. The van der Waals surface area contributed by atoms with Crippen molar-refractivity contribution in [1.29, 1.82) is 0 Å². The fraction of sp³-hybridized carbons (Fsp3) is 0.0522. The zero-order valence-electron chi connectivity index (χ0n) is 79.3. The number of benzene rings is 17. The fourth-order valence-electron chi connectivity index (χ4n) is 18.0. The second kappa shape index (κ2) is 42.8. The summed E-state index contributed by atoms with van der Waals surface area (Å²) in [5.41, 5.74) is 33.8. The van der Waals surface area contributed by atoms with Crippen LogP contribution in [0.1, 0.15) is 38.1 Å². The van der Waals surface area contributed by atoms with Gasteiger partial charge in [-0.1, -0.05) is 279 Å². The number of carbonyl (C=O) groups is 1. The van der Waals surface area contributed by atoms with E-state index in [0.29, 0.717) is 23.0 Å². The normalized spacial score (nSPS) is 12.5. The van der Waals surface area contributed by atoms with Crippen LogP contribution < -0.4 is 16.5 Å². The number of rotatable bonds is 11. The van der Waals surface area contributed by atoms with Gasteiger partial charge in [-0.25, -0.2) is 29.9 Å². The number of fused-ring (bicyclic) bond motifs is 18. The highest BCUT2D eigenvalue weighted by molar-refractivity contribution is 9.11. The average molecular weight is 2390 g/mol. The summed E-state index contributed by atoms with van der Waals surface area (Å²) >= 11 is 24.7. The highest BCUT2D eigenvalue weighted by Gasteiger charge is 2.53. The first-order valence-electron chi connectivity index (χ1n) is 47.0. The molecule has 0 radical (unpaired) electrons. The van der Waals surface area contributed by atoms with Gasteiger partial charge in [-0.3, -0.25) is 4.79 Å². The van der Waals surface area contributed by atoms with Crippen molar-refractivity contribution in [2.24, 2.45) is 0 Å². The Morgan fingerprint density at radius 3 is 1.02 bits per heavy atom. The maximum absolute atomic E-state index is 12.5. The zero-order valence-corrected chi connectivity index (χ0v) is 92.2. The van der Waals surface area contributed by atoms with Gasteiger partial charge in [-0.15, -0.1) is 0 Å². The molecule has 11 heterocycles. The van der Waals surface area contributed by atoms with Crippen LogP contribution >= 0.6 is 150 Å². The van der Waals surface area contributed by atoms with Gasteiger partial charge in [0.2, 0.25) is 0 Å². The first-order valence-corrected chi connectivity index (χ1v) is 55.3. The lowest BCUT2D eigenvalue weighted by atomic mass is 9.76. The molecule has 27 aromatic rings. The Hall–Kier alpha value is -14.7. The molecule has 1 amide bonds. The summed E-state index contributed by atoms with van der Waals surface area (Å²) < 4.78 is 71.2. The van der Waals surface area contributed by atoms with Crippen LogP contribution in [0, 0.1) is 0 Å². The molecule has 0 aliphatic carbocycles. The number of nitrogens with two attached hydrogens (primary N) is 1. The smallest absolute Gasteiger partial charge is 0.399 e. The number of carbonyl (C=O) groups excluding carboxylic acids is 1. The van der Waals surface area contributed by atoms with E-state index in [-0.39, 0.29) is 5.91 Å². The van der Waals surface area contributed by atoms with Crippen molar-refractivity contribution in [2.75, 3.05) is 11.1 Å². The highest BCUT2D eigenvalue weighted by Crippen LogP contribution is 2.47. The molecule has 0 atom stereocenters. The maximum atomic E-state index is 12.5. The van der Waals surface area contributed by atoms with E-state index in [1.807, 2.05) is 261 Å². The molecule has 1 saturated heterocycles. The number of para-hydroxylation sites is 5. The van der Waals surface area contributed by atoms with E-state index in [1.165, 1.54) is 70.4 Å². The highest BCUT2D eigenvalue weighted by atomic mass is 79.9. The minimum atomic E-state index is -0.522. The van der Waals surface area contributed by atoms with Crippen molar-refractivity contribution in [3.05, 3.63) is 386 Å². The van der Waals surface area contributed by atoms with Crippen LogP contribution in [0.25, 0.3) is 221 Å². The number of nitrogens with one attached hydrogen (secondary N) is 1. The van der Waals surface area contributed by atoms with E-state index >= 15 is 0 Å². The van der Waals surface area contributed by atoms with Crippen LogP contribution in [0.4, 0.5) is 11.4 Å². The van der Waals surface area contributed by atoms with E-state index in [4.69, 9.17) is 58.1 Å². The molecular formula is C115H74BBr5N20O3S6. The Kier molecular flexibility index (Phi) is 28.1. The van der Waals surface area contributed by atoms with Gasteiger partial charge in [0.25, 0.3) is 5.91 Å². The quantitative estimate of drug-likeness (QED) is 0.0690. The Bertz CT molecular complexity index is 9710. The molecule has 0 unspecified atom stereocenters. The van der Waals surface area contributed by atoms with Crippen molar-refractivity contribution in [1.82, 2.24) is 82.4 Å². The number of halogens is 5. The number of hydrogen-bond acceptors (Lipinski definition) is 28. The molecule has 0 saturated carbocycles. The van der Waals surface area contributed by atoms with Gasteiger partial charge in [0.05, 0.1) is 115 Å². The number of amides is 1. The number of pyridine rings is 3. The molecule has 0 bridgehead atoms. The molecule has 35 heteroatoms. The summed E-state index contributed by atoms with van der Waals surface area (Å²) in [7, 11) is -0.522. The van der Waals surface area contributed by atoms with E-state index in [0.717, 1.165) is 243 Å². The van der Waals surface area contributed by atoms with Gasteiger partial charge in [-0.2, -0.15) is 52.5 Å². The van der Waals surface area contributed by atoms with E-state index < -0.39 is 18.3 Å². The molecule has 23 nitrogen and oxygen atoms in total. The zero-order chi connectivity index (χ0) is 102. The van der Waals surface area contributed by atoms with Crippen LogP contribution in [0.15, 0.2) is 380 Å². The van der Waals surface area contributed by atoms with Crippen molar-refractivity contribution >= 4 is 311 Å². The summed E-state index contributed by atoms with van der Waals surface area (Å²) in [6.07, 6.45) is 0. The minimum absolute atomic E-state index is 0.141. The summed E-state index contributed by atoms with van der Waals surface area (Å²) in [6, 6.07) is 118. The third-order valence-electron chi connectivity index (χ3n) is 26.0. The van der Waals surface area contributed by atoms with Crippen molar-refractivity contribution in [3.8, 4) is 90.2 Å². The molecule has 10 aromatic heterocycles. The number of nitrogen functional groups attached to an aromatic ring is 1.